The second kappa shape index (κ2) is 7.66. The molecule has 152 valence electrons. The van der Waals surface area contributed by atoms with Crippen molar-refractivity contribution in [3.63, 3.8) is 0 Å². The number of nitrogens with one attached hydrogen (secondary N) is 1. The molecule has 0 unspecified atom stereocenters. The van der Waals surface area contributed by atoms with Crippen molar-refractivity contribution in [1.82, 2.24) is 15.1 Å². The average Bonchev–Trinajstić information content (AvgIpc) is 2.92. The third kappa shape index (κ3) is 3.99. The van der Waals surface area contributed by atoms with Gasteiger partial charge >= 0.3 is 0 Å². The number of imide groups is 1. The highest BCUT2D eigenvalue weighted by Gasteiger charge is 2.42. The van der Waals surface area contributed by atoms with Crippen molar-refractivity contribution in [2.45, 2.75) is 51.6 Å². The molecule has 4 amide bonds. The molecule has 0 spiro atoms. The van der Waals surface area contributed by atoms with Crippen LogP contribution in [0.2, 0.25) is 0 Å². The van der Waals surface area contributed by atoms with Gasteiger partial charge in [0.05, 0.1) is 17.2 Å². The zero-order valence-electron chi connectivity index (χ0n) is 16.8. The molecule has 1 fully saturated rings. The first-order chi connectivity index (χ1) is 13.6. The number of likely N-dealkylation sites (tertiary alicyclic amines) is 1. The van der Waals surface area contributed by atoms with Crippen molar-refractivity contribution < 1.29 is 19.2 Å². The van der Waals surface area contributed by atoms with Crippen molar-refractivity contribution in [2.24, 2.45) is 0 Å². The maximum Gasteiger partial charge on any atom is 0.262 e. The van der Waals surface area contributed by atoms with E-state index in [1.54, 1.807) is 37.8 Å². The summed E-state index contributed by atoms with van der Waals surface area (Å²) in [7, 11) is 0. The predicted molar refractivity (Wildman–Crippen MR) is 104 cm³/mol. The van der Waals surface area contributed by atoms with Gasteiger partial charge in [0.2, 0.25) is 5.91 Å². The first-order valence-corrected chi connectivity index (χ1v) is 9.62. The van der Waals surface area contributed by atoms with E-state index in [0.717, 1.165) is 0 Å². The Balaban J connectivity index is 1.70. The van der Waals surface area contributed by atoms with Crippen molar-refractivity contribution in [3.8, 4) is 6.07 Å². The van der Waals surface area contributed by atoms with Crippen LogP contribution in [-0.4, -0.2) is 58.1 Å². The van der Waals surface area contributed by atoms with Gasteiger partial charge in [-0.1, -0.05) is 0 Å². The molecule has 1 aromatic rings. The fourth-order valence-electron chi connectivity index (χ4n) is 3.74. The molecule has 1 saturated heterocycles. The molecule has 1 N–H and O–H groups in total. The lowest BCUT2D eigenvalue weighted by atomic mass is 10.0. The van der Waals surface area contributed by atoms with Crippen LogP contribution in [0.3, 0.4) is 0 Å². The summed E-state index contributed by atoms with van der Waals surface area (Å²) < 4.78 is 0. The Kier molecular flexibility index (Phi) is 5.42. The highest BCUT2D eigenvalue weighted by Crippen LogP contribution is 2.30. The van der Waals surface area contributed by atoms with E-state index in [9.17, 15) is 19.2 Å². The van der Waals surface area contributed by atoms with Gasteiger partial charge in [-0.15, -0.1) is 0 Å². The Morgan fingerprint density at radius 3 is 2.34 bits per heavy atom. The van der Waals surface area contributed by atoms with Crippen molar-refractivity contribution in [3.05, 3.63) is 34.9 Å². The Morgan fingerprint density at radius 2 is 1.76 bits per heavy atom. The normalized spacial score (nSPS) is 17.2. The summed E-state index contributed by atoms with van der Waals surface area (Å²) in [5.74, 6) is -1.23. The first-order valence-electron chi connectivity index (χ1n) is 9.62. The number of carbonyl (C=O) groups excluding carboxylic acids is 4. The molecule has 2 aliphatic heterocycles. The van der Waals surface area contributed by atoms with E-state index < -0.39 is 5.54 Å². The van der Waals surface area contributed by atoms with E-state index in [4.69, 9.17) is 5.26 Å². The van der Waals surface area contributed by atoms with Gasteiger partial charge in [-0.2, -0.15) is 5.26 Å². The van der Waals surface area contributed by atoms with Gasteiger partial charge in [0.25, 0.3) is 17.7 Å². The molecule has 0 aliphatic carbocycles. The molecule has 2 aliphatic rings. The summed E-state index contributed by atoms with van der Waals surface area (Å²) in [5, 5.41) is 11.4. The minimum atomic E-state index is -0.644. The first kappa shape index (κ1) is 20.5. The number of benzene rings is 1. The molecule has 0 bridgehead atoms. The average molecular weight is 396 g/mol. The van der Waals surface area contributed by atoms with Crippen molar-refractivity contribution >= 4 is 23.6 Å². The minimum absolute atomic E-state index is 0.0561. The number of nitriles is 1. The molecule has 3 rings (SSSR count). The lowest BCUT2D eigenvalue weighted by molar-refractivity contribution is -0.121. The van der Waals surface area contributed by atoms with Gasteiger partial charge in [-0.05, 0) is 51.8 Å². The molecular formula is C21H24N4O4. The van der Waals surface area contributed by atoms with Gasteiger partial charge in [-0.3, -0.25) is 24.1 Å². The Labute approximate surface area is 169 Å². The predicted octanol–water partition coefficient (Wildman–Crippen LogP) is 1.72. The Bertz CT molecular complexity index is 918. The van der Waals surface area contributed by atoms with Crippen LogP contribution in [0.5, 0.6) is 0 Å². The number of hydrogen-bond acceptors (Lipinski definition) is 5. The molecule has 29 heavy (non-hydrogen) atoms. The molecule has 0 radical (unpaired) electrons. The minimum Gasteiger partial charge on any atom is -0.352 e. The van der Waals surface area contributed by atoms with E-state index in [-0.39, 0.29) is 41.7 Å². The summed E-state index contributed by atoms with van der Waals surface area (Å²) in [5.41, 5.74) is 0.303. The molecule has 8 nitrogen and oxygen atoms in total. The summed E-state index contributed by atoms with van der Waals surface area (Å²) in [6.07, 6.45) is 1.03. The van der Waals surface area contributed by atoms with Crippen LogP contribution >= 0.6 is 0 Å². The van der Waals surface area contributed by atoms with Crippen LogP contribution in [0, 0.1) is 11.3 Å². The molecule has 0 saturated carbocycles. The molecular weight excluding hydrogens is 372 g/mol. The van der Waals surface area contributed by atoms with Crippen LogP contribution in [0.15, 0.2) is 18.2 Å². The number of piperidine rings is 1. The van der Waals surface area contributed by atoms with Crippen molar-refractivity contribution in [2.75, 3.05) is 13.1 Å². The molecule has 0 atom stereocenters. The number of rotatable bonds is 3. The van der Waals surface area contributed by atoms with Crippen LogP contribution in [0.25, 0.3) is 0 Å². The number of hydrogen-bond donors (Lipinski definition) is 1. The van der Waals surface area contributed by atoms with Gasteiger partial charge in [0, 0.05) is 30.2 Å². The van der Waals surface area contributed by atoms with Crippen LogP contribution in [-0.2, 0) is 4.79 Å². The van der Waals surface area contributed by atoms with Gasteiger partial charge in [0.1, 0.15) is 6.42 Å². The fourth-order valence-corrected chi connectivity index (χ4v) is 3.74. The highest BCUT2D eigenvalue weighted by molar-refractivity contribution is 6.22. The smallest absolute Gasteiger partial charge is 0.262 e. The van der Waals surface area contributed by atoms with Crippen LogP contribution in [0.1, 0.15) is 71.1 Å². The van der Waals surface area contributed by atoms with Crippen molar-refractivity contribution in [1.29, 1.82) is 5.26 Å². The molecule has 0 aromatic heterocycles. The van der Waals surface area contributed by atoms with E-state index in [2.05, 4.69) is 5.32 Å². The number of carbonyl (C=O) groups is 4. The molecule has 8 heteroatoms. The third-order valence-electron chi connectivity index (χ3n) is 5.19. The van der Waals surface area contributed by atoms with E-state index in [1.165, 1.54) is 11.0 Å². The fraction of sp³-hybridized carbons (Fsp3) is 0.476. The molecule has 1 aromatic carbocycles. The van der Waals surface area contributed by atoms with Gasteiger partial charge in [-0.25, -0.2) is 0 Å². The van der Waals surface area contributed by atoms with E-state index in [0.29, 0.717) is 37.1 Å². The zero-order valence-corrected chi connectivity index (χ0v) is 16.8. The maximum atomic E-state index is 12.9. The SMILES string of the molecule is CC(C)(C)N1C(=O)c2ccc(C(=O)N3CCC(NC(=O)CC#N)CC3)cc2C1=O. The third-order valence-corrected chi connectivity index (χ3v) is 5.19. The quantitative estimate of drug-likeness (QED) is 0.782. The summed E-state index contributed by atoms with van der Waals surface area (Å²) in [6.45, 7) is 6.31. The second-order valence-electron chi connectivity index (χ2n) is 8.35. The lowest BCUT2D eigenvalue weighted by Crippen LogP contribution is -2.46. The van der Waals surface area contributed by atoms with E-state index in [1.807, 2.05) is 6.07 Å². The summed E-state index contributed by atoms with van der Waals surface area (Å²) in [6, 6.07) is 6.39. The number of fused-ring (bicyclic) bond motifs is 1. The maximum absolute atomic E-state index is 12.9. The van der Waals surface area contributed by atoms with Crippen LogP contribution in [0.4, 0.5) is 0 Å². The lowest BCUT2D eigenvalue weighted by Gasteiger charge is -2.32. The number of nitrogens with zero attached hydrogens (tertiary/aromatic N) is 3. The second-order valence-corrected chi connectivity index (χ2v) is 8.35. The topological polar surface area (TPSA) is 111 Å². The Hall–Kier alpha value is -3.21. The van der Waals surface area contributed by atoms with Gasteiger partial charge < -0.3 is 10.2 Å². The zero-order chi connectivity index (χ0) is 21.3. The van der Waals surface area contributed by atoms with Gasteiger partial charge in [0.15, 0.2) is 0 Å². The highest BCUT2D eigenvalue weighted by atomic mass is 16.2. The molecule has 2 heterocycles. The van der Waals surface area contributed by atoms with Crippen LogP contribution < -0.4 is 5.32 Å². The number of amides is 4. The summed E-state index contributed by atoms with van der Waals surface area (Å²) >= 11 is 0. The largest absolute Gasteiger partial charge is 0.352 e. The Morgan fingerprint density at radius 1 is 1.14 bits per heavy atom. The monoisotopic (exact) mass is 396 g/mol. The standard InChI is InChI=1S/C21H24N4O4/c1-21(2,3)25-19(28)15-5-4-13(12-16(15)20(25)29)18(27)24-10-7-14(8-11-24)23-17(26)6-9-22/h4-5,12,14H,6-8,10-11H2,1-3H3,(H,23,26). The van der Waals surface area contributed by atoms with E-state index >= 15 is 0 Å². The summed E-state index contributed by atoms with van der Waals surface area (Å²) in [4.78, 5) is 52.6.